The van der Waals surface area contributed by atoms with E-state index < -0.39 is 10.0 Å². The monoisotopic (exact) mass is 294 g/mol. The molecule has 2 N–H and O–H groups in total. The van der Waals surface area contributed by atoms with Crippen LogP contribution in [-0.2, 0) is 17.1 Å². The van der Waals surface area contributed by atoms with Gasteiger partial charge in [-0.1, -0.05) is 17.7 Å². The van der Waals surface area contributed by atoms with Crippen molar-refractivity contribution in [3.8, 4) is 0 Å². The average molecular weight is 294 g/mol. The molecule has 6 nitrogen and oxygen atoms in total. The first-order valence-corrected chi connectivity index (χ1v) is 7.52. The lowest BCUT2D eigenvalue weighted by atomic mass is 10.1. The maximum atomic E-state index is 12.7. The second-order valence-electron chi connectivity index (χ2n) is 4.81. The molecule has 1 aromatic carbocycles. The summed E-state index contributed by atoms with van der Waals surface area (Å²) in [6, 6.07) is 5.60. The van der Waals surface area contributed by atoms with Crippen LogP contribution in [0.4, 0.5) is 11.5 Å². The van der Waals surface area contributed by atoms with Crippen LogP contribution in [0.15, 0.2) is 29.6 Å². The van der Waals surface area contributed by atoms with Gasteiger partial charge >= 0.3 is 0 Å². The lowest BCUT2D eigenvalue weighted by Crippen LogP contribution is -2.29. The molecule has 0 saturated carbocycles. The van der Waals surface area contributed by atoms with Crippen molar-refractivity contribution >= 4 is 21.5 Å². The van der Waals surface area contributed by atoms with Crippen molar-refractivity contribution in [1.29, 1.82) is 0 Å². The fourth-order valence-corrected chi connectivity index (χ4v) is 3.62. The van der Waals surface area contributed by atoms with Crippen molar-refractivity contribution in [1.82, 2.24) is 9.55 Å². The van der Waals surface area contributed by atoms with Gasteiger partial charge in [-0.25, -0.2) is 4.98 Å². The summed E-state index contributed by atoms with van der Waals surface area (Å²) in [6.45, 7) is 3.84. The fourth-order valence-electron chi connectivity index (χ4n) is 2.17. The molecule has 7 heteroatoms. The predicted octanol–water partition coefficient (Wildman–Crippen LogP) is 1.44. The molecule has 20 heavy (non-hydrogen) atoms. The van der Waals surface area contributed by atoms with E-state index in [9.17, 15) is 8.42 Å². The van der Waals surface area contributed by atoms with Crippen molar-refractivity contribution in [2.75, 3.05) is 17.1 Å². The molecule has 1 aromatic heterocycles. The molecule has 0 saturated heterocycles. The molecule has 1 heterocycles. The second-order valence-corrected chi connectivity index (χ2v) is 6.69. The van der Waals surface area contributed by atoms with Crippen LogP contribution in [0.1, 0.15) is 11.1 Å². The first-order valence-electron chi connectivity index (χ1n) is 6.08. The van der Waals surface area contributed by atoms with Crippen LogP contribution in [0.2, 0.25) is 0 Å². The Labute approximate surface area is 118 Å². The van der Waals surface area contributed by atoms with E-state index in [1.165, 1.54) is 22.2 Å². The second kappa shape index (κ2) is 4.82. The Morgan fingerprint density at radius 3 is 2.45 bits per heavy atom. The average Bonchev–Trinajstić information content (AvgIpc) is 2.68. The number of nitrogens with zero attached hydrogens (tertiary/aromatic N) is 3. The van der Waals surface area contributed by atoms with Crippen molar-refractivity contribution in [3.63, 3.8) is 0 Å². The SMILES string of the molecule is Cc1ccc(N(C)S(=O)(=O)c2c(N)ncn2C)c(C)c1. The maximum absolute atomic E-state index is 12.7. The quantitative estimate of drug-likeness (QED) is 0.929. The molecule has 0 fully saturated rings. The molecular weight excluding hydrogens is 276 g/mol. The molecule has 0 radical (unpaired) electrons. The highest BCUT2D eigenvalue weighted by atomic mass is 32.2. The van der Waals surface area contributed by atoms with Gasteiger partial charge in [-0.15, -0.1) is 0 Å². The standard InChI is InChI=1S/C13H18N4O2S/c1-9-5-6-11(10(2)7-9)17(4)20(18,19)13-12(14)15-8-16(13)3/h5-8H,14H2,1-4H3. The maximum Gasteiger partial charge on any atom is 0.283 e. The summed E-state index contributed by atoms with van der Waals surface area (Å²) in [5.41, 5.74) is 8.26. The first-order chi connectivity index (χ1) is 9.25. The molecule has 0 bridgehead atoms. The van der Waals surface area contributed by atoms with Gasteiger partial charge in [0, 0.05) is 14.1 Å². The van der Waals surface area contributed by atoms with Crippen LogP contribution in [0, 0.1) is 13.8 Å². The minimum atomic E-state index is -3.74. The number of anilines is 2. The van der Waals surface area contributed by atoms with Crippen LogP contribution in [0.25, 0.3) is 0 Å². The number of aryl methyl sites for hydroxylation is 3. The zero-order valence-electron chi connectivity index (χ0n) is 12.0. The molecule has 0 atom stereocenters. The molecule has 0 unspecified atom stereocenters. The van der Waals surface area contributed by atoms with E-state index in [4.69, 9.17) is 5.73 Å². The number of sulfonamides is 1. The number of hydrogen-bond acceptors (Lipinski definition) is 4. The van der Waals surface area contributed by atoms with E-state index in [1.54, 1.807) is 13.1 Å². The van der Waals surface area contributed by atoms with Crippen molar-refractivity contribution < 1.29 is 8.42 Å². The number of benzene rings is 1. The Balaban J connectivity index is 2.55. The summed E-state index contributed by atoms with van der Waals surface area (Å²) in [7, 11) is -0.620. The number of rotatable bonds is 3. The van der Waals surface area contributed by atoms with Crippen LogP contribution >= 0.6 is 0 Å². The Morgan fingerprint density at radius 2 is 1.95 bits per heavy atom. The number of hydrogen-bond donors (Lipinski definition) is 1. The normalized spacial score (nSPS) is 11.6. The Hall–Kier alpha value is -2.02. The third-order valence-corrected chi connectivity index (χ3v) is 5.11. The molecule has 2 aromatic rings. The van der Waals surface area contributed by atoms with Crippen LogP contribution in [0.3, 0.4) is 0 Å². The van der Waals surface area contributed by atoms with Crippen molar-refractivity contribution in [2.45, 2.75) is 18.9 Å². The van der Waals surface area contributed by atoms with E-state index in [-0.39, 0.29) is 10.8 Å². The van der Waals surface area contributed by atoms with Gasteiger partial charge < -0.3 is 10.3 Å². The van der Waals surface area contributed by atoms with Crippen LogP contribution in [0.5, 0.6) is 0 Å². The van der Waals surface area contributed by atoms with Gasteiger partial charge in [0.05, 0.1) is 12.0 Å². The zero-order valence-corrected chi connectivity index (χ0v) is 12.8. The summed E-state index contributed by atoms with van der Waals surface area (Å²) in [5.74, 6) is 0.00381. The van der Waals surface area contributed by atoms with E-state index in [1.807, 2.05) is 26.0 Å². The Bertz CT molecular complexity index is 730. The summed E-state index contributed by atoms with van der Waals surface area (Å²) in [4.78, 5) is 3.83. The molecule has 0 aliphatic heterocycles. The van der Waals surface area contributed by atoms with E-state index >= 15 is 0 Å². The first kappa shape index (κ1) is 14.4. The summed E-state index contributed by atoms with van der Waals surface area (Å²) < 4.78 is 28.0. The smallest absolute Gasteiger partial charge is 0.283 e. The molecule has 0 aliphatic rings. The van der Waals surface area contributed by atoms with Gasteiger partial charge in [-0.05, 0) is 25.5 Å². The lowest BCUT2D eigenvalue weighted by Gasteiger charge is -2.22. The Morgan fingerprint density at radius 1 is 1.30 bits per heavy atom. The molecule has 108 valence electrons. The number of nitrogens with two attached hydrogens (primary N) is 1. The van der Waals surface area contributed by atoms with Gasteiger partial charge in [0.1, 0.15) is 0 Å². The highest BCUT2D eigenvalue weighted by molar-refractivity contribution is 7.92. The Kier molecular flexibility index (Phi) is 3.47. The molecule has 0 amide bonds. The molecule has 0 aliphatic carbocycles. The third kappa shape index (κ3) is 2.24. The topological polar surface area (TPSA) is 81.2 Å². The van der Waals surface area contributed by atoms with E-state index in [0.29, 0.717) is 5.69 Å². The molecular formula is C13H18N4O2S. The van der Waals surface area contributed by atoms with Crippen LogP contribution < -0.4 is 10.0 Å². The van der Waals surface area contributed by atoms with Gasteiger partial charge in [0.25, 0.3) is 10.0 Å². The number of aromatic nitrogens is 2. The van der Waals surface area contributed by atoms with Gasteiger partial charge in [-0.3, -0.25) is 4.31 Å². The van der Waals surface area contributed by atoms with Gasteiger partial charge in [0.15, 0.2) is 10.8 Å². The predicted molar refractivity (Wildman–Crippen MR) is 79.1 cm³/mol. The van der Waals surface area contributed by atoms with E-state index in [0.717, 1.165) is 11.1 Å². The number of nitrogen functional groups attached to an aromatic ring is 1. The summed E-state index contributed by atoms with van der Waals surface area (Å²) in [5, 5.41) is -0.0000231. The highest BCUT2D eigenvalue weighted by Gasteiger charge is 2.28. The highest BCUT2D eigenvalue weighted by Crippen LogP contribution is 2.27. The van der Waals surface area contributed by atoms with Crippen molar-refractivity contribution in [2.24, 2.45) is 7.05 Å². The molecule has 0 spiro atoms. The third-order valence-electron chi connectivity index (χ3n) is 3.21. The van der Waals surface area contributed by atoms with Gasteiger partial charge in [0.2, 0.25) is 0 Å². The van der Waals surface area contributed by atoms with Crippen molar-refractivity contribution in [3.05, 3.63) is 35.7 Å². The minimum Gasteiger partial charge on any atom is -0.381 e. The fraction of sp³-hybridized carbons (Fsp3) is 0.308. The lowest BCUT2D eigenvalue weighted by molar-refractivity contribution is 0.584. The summed E-state index contributed by atoms with van der Waals surface area (Å²) in [6.07, 6.45) is 1.39. The minimum absolute atomic E-state index is 0.0000231. The summed E-state index contributed by atoms with van der Waals surface area (Å²) >= 11 is 0. The zero-order chi connectivity index (χ0) is 15.1. The molecule has 2 rings (SSSR count). The van der Waals surface area contributed by atoms with E-state index in [2.05, 4.69) is 4.98 Å². The number of imidazole rings is 1. The largest absolute Gasteiger partial charge is 0.381 e. The van der Waals surface area contributed by atoms with Crippen LogP contribution in [-0.4, -0.2) is 25.0 Å². The van der Waals surface area contributed by atoms with Gasteiger partial charge in [-0.2, -0.15) is 8.42 Å².